The zero-order valence-electron chi connectivity index (χ0n) is 16.7. The van der Waals surface area contributed by atoms with Crippen molar-refractivity contribution in [2.45, 2.75) is 6.54 Å². The summed E-state index contributed by atoms with van der Waals surface area (Å²) in [5.41, 5.74) is 9.56. The fourth-order valence-electron chi connectivity index (χ4n) is 3.34. The van der Waals surface area contributed by atoms with Crippen molar-refractivity contribution in [1.82, 2.24) is 20.0 Å². The second kappa shape index (κ2) is 8.94. The number of anilines is 2. The molecule has 3 aromatic rings. The largest absolute Gasteiger partial charge is 0.384 e. The van der Waals surface area contributed by atoms with Crippen LogP contribution in [-0.2, 0) is 11.3 Å². The lowest BCUT2D eigenvalue weighted by Gasteiger charge is -2.28. The van der Waals surface area contributed by atoms with E-state index in [0.717, 1.165) is 11.1 Å². The normalized spacial score (nSPS) is 13.8. The van der Waals surface area contributed by atoms with Crippen LogP contribution in [-0.4, -0.2) is 52.0 Å². The van der Waals surface area contributed by atoms with Crippen molar-refractivity contribution in [2.24, 2.45) is 0 Å². The number of ether oxygens (including phenoxy) is 1. The summed E-state index contributed by atoms with van der Waals surface area (Å²) >= 11 is 0. The molecule has 0 saturated carbocycles. The predicted molar refractivity (Wildman–Crippen MR) is 114 cm³/mol. The number of hydroxylamine groups is 1. The molecule has 0 spiro atoms. The Labute approximate surface area is 177 Å². The smallest absolute Gasteiger partial charge is 0.293 e. The van der Waals surface area contributed by atoms with Gasteiger partial charge < -0.3 is 19.9 Å². The van der Waals surface area contributed by atoms with E-state index in [0.29, 0.717) is 49.2 Å². The number of nitrogens with two attached hydrogens (primary N) is 1. The van der Waals surface area contributed by atoms with Gasteiger partial charge in [0.05, 0.1) is 25.5 Å². The highest BCUT2D eigenvalue weighted by Gasteiger charge is 2.19. The molecule has 1 aliphatic heterocycles. The summed E-state index contributed by atoms with van der Waals surface area (Å²) in [4.78, 5) is 35.4. The van der Waals surface area contributed by atoms with Gasteiger partial charge in [0.25, 0.3) is 11.5 Å². The second-order valence-electron chi connectivity index (χ2n) is 7.09. The third-order valence-electron chi connectivity index (χ3n) is 5.02. The maximum atomic E-state index is 13.2. The monoisotopic (exact) mass is 422 g/mol. The molecule has 3 heterocycles. The van der Waals surface area contributed by atoms with E-state index in [1.807, 2.05) is 11.0 Å². The van der Waals surface area contributed by atoms with Gasteiger partial charge in [0, 0.05) is 36.6 Å². The lowest BCUT2D eigenvalue weighted by molar-refractivity contribution is 0.0706. The zero-order chi connectivity index (χ0) is 21.8. The minimum Gasteiger partial charge on any atom is -0.384 e. The SMILES string of the molecule is Nc1ccc(-c2cn(Cc3ccc(C(=O)NO)cc3)c(=O)c(N3CCOCC3)n2)cn1. The average molecular weight is 422 g/mol. The van der Waals surface area contributed by atoms with Crippen molar-refractivity contribution in [2.75, 3.05) is 36.9 Å². The minimum atomic E-state index is -0.597. The molecular formula is C21H22N6O4. The number of pyridine rings is 1. The molecule has 31 heavy (non-hydrogen) atoms. The van der Waals surface area contributed by atoms with E-state index in [1.54, 1.807) is 52.8 Å². The Kier molecular flexibility index (Phi) is 5.92. The molecule has 4 rings (SSSR count). The number of aromatic nitrogens is 3. The highest BCUT2D eigenvalue weighted by molar-refractivity contribution is 5.93. The molecule has 10 nitrogen and oxygen atoms in total. The third kappa shape index (κ3) is 4.55. The van der Waals surface area contributed by atoms with Crippen LogP contribution in [0.4, 0.5) is 11.6 Å². The number of carbonyl (C=O) groups is 1. The Morgan fingerprint density at radius 3 is 2.55 bits per heavy atom. The van der Waals surface area contributed by atoms with Crippen LogP contribution < -0.4 is 21.7 Å². The van der Waals surface area contributed by atoms with Crippen molar-refractivity contribution in [3.8, 4) is 11.3 Å². The maximum Gasteiger partial charge on any atom is 0.293 e. The van der Waals surface area contributed by atoms with Crippen LogP contribution in [0.15, 0.2) is 53.6 Å². The molecular weight excluding hydrogens is 400 g/mol. The summed E-state index contributed by atoms with van der Waals surface area (Å²) < 4.78 is 6.99. The minimum absolute atomic E-state index is 0.216. The number of hydrogen-bond donors (Lipinski definition) is 3. The molecule has 1 aromatic carbocycles. The van der Waals surface area contributed by atoms with Gasteiger partial charge in [0.2, 0.25) is 0 Å². The Bertz CT molecular complexity index is 1120. The molecule has 1 amide bonds. The Hall–Kier alpha value is -3.76. The third-order valence-corrected chi connectivity index (χ3v) is 5.02. The van der Waals surface area contributed by atoms with Gasteiger partial charge in [-0.1, -0.05) is 12.1 Å². The van der Waals surface area contributed by atoms with Gasteiger partial charge >= 0.3 is 0 Å². The van der Waals surface area contributed by atoms with Crippen LogP contribution in [0, 0.1) is 0 Å². The summed E-state index contributed by atoms with van der Waals surface area (Å²) in [6, 6.07) is 10.1. The number of amides is 1. The number of nitrogen functional groups attached to an aromatic ring is 1. The van der Waals surface area contributed by atoms with E-state index in [1.165, 1.54) is 0 Å². The second-order valence-corrected chi connectivity index (χ2v) is 7.09. The molecule has 2 aromatic heterocycles. The first kappa shape index (κ1) is 20.5. The van der Waals surface area contributed by atoms with E-state index in [-0.39, 0.29) is 12.1 Å². The quantitative estimate of drug-likeness (QED) is 0.407. The Balaban J connectivity index is 1.73. The number of nitrogens with one attached hydrogen (secondary N) is 1. The van der Waals surface area contributed by atoms with Gasteiger partial charge in [-0.2, -0.15) is 0 Å². The Morgan fingerprint density at radius 1 is 1.16 bits per heavy atom. The van der Waals surface area contributed by atoms with Gasteiger partial charge in [-0.3, -0.25) is 14.8 Å². The molecule has 1 aliphatic rings. The molecule has 10 heteroatoms. The first-order valence-corrected chi connectivity index (χ1v) is 9.74. The molecule has 160 valence electrons. The van der Waals surface area contributed by atoms with Crippen LogP contribution in [0.5, 0.6) is 0 Å². The summed E-state index contributed by atoms with van der Waals surface area (Å²) in [6.45, 7) is 2.51. The maximum absolute atomic E-state index is 13.2. The molecule has 0 atom stereocenters. The summed E-state index contributed by atoms with van der Waals surface area (Å²) in [5, 5.41) is 8.76. The van der Waals surface area contributed by atoms with Crippen molar-refractivity contribution in [1.29, 1.82) is 0 Å². The number of rotatable bonds is 5. The van der Waals surface area contributed by atoms with Gasteiger partial charge in [-0.05, 0) is 29.8 Å². The van der Waals surface area contributed by atoms with Crippen molar-refractivity contribution in [3.63, 3.8) is 0 Å². The number of hydrogen-bond acceptors (Lipinski definition) is 8. The van der Waals surface area contributed by atoms with Crippen LogP contribution in [0.25, 0.3) is 11.3 Å². The lowest BCUT2D eigenvalue weighted by atomic mass is 10.1. The molecule has 0 radical (unpaired) electrons. The van der Waals surface area contributed by atoms with Gasteiger partial charge in [-0.25, -0.2) is 15.4 Å². The summed E-state index contributed by atoms with van der Waals surface area (Å²) in [6.07, 6.45) is 3.31. The molecule has 0 unspecified atom stereocenters. The highest BCUT2D eigenvalue weighted by atomic mass is 16.5. The number of morpholine rings is 1. The van der Waals surface area contributed by atoms with Gasteiger partial charge in [0.15, 0.2) is 5.82 Å². The van der Waals surface area contributed by atoms with E-state index < -0.39 is 5.91 Å². The van der Waals surface area contributed by atoms with E-state index in [9.17, 15) is 9.59 Å². The average Bonchev–Trinajstić information content (AvgIpc) is 2.81. The van der Waals surface area contributed by atoms with E-state index in [2.05, 4.69) is 9.97 Å². The van der Waals surface area contributed by atoms with Gasteiger partial charge in [0.1, 0.15) is 5.82 Å². The molecule has 0 aliphatic carbocycles. The Morgan fingerprint density at radius 2 is 1.90 bits per heavy atom. The van der Waals surface area contributed by atoms with E-state index in [4.69, 9.17) is 15.7 Å². The molecule has 1 fully saturated rings. The first-order chi connectivity index (χ1) is 15.0. The van der Waals surface area contributed by atoms with Crippen LogP contribution in [0.1, 0.15) is 15.9 Å². The topological polar surface area (TPSA) is 136 Å². The predicted octanol–water partition coefficient (Wildman–Crippen LogP) is 0.891. The number of carbonyl (C=O) groups excluding carboxylic acids is 1. The summed E-state index contributed by atoms with van der Waals surface area (Å²) in [7, 11) is 0. The fourth-order valence-corrected chi connectivity index (χ4v) is 3.34. The zero-order valence-corrected chi connectivity index (χ0v) is 16.7. The van der Waals surface area contributed by atoms with Crippen molar-refractivity contribution in [3.05, 3.63) is 70.3 Å². The fraction of sp³-hybridized carbons (Fsp3) is 0.238. The summed E-state index contributed by atoms with van der Waals surface area (Å²) in [5.74, 6) is 0.159. The van der Waals surface area contributed by atoms with Crippen LogP contribution in [0.3, 0.4) is 0 Å². The van der Waals surface area contributed by atoms with E-state index >= 15 is 0 Å². The number of nitrogens with zero attached hydrogens (tertiary/aromatic N) is 4. The molecule has 0 bridgehead atoms. The van der Waals surface area contributed by atoms with Crippen LogP contribution >= 0.6 is 0 Å². The number of benzene rings is 1. The standard InChI is InChI=1S/C21H22N6O4/c22-18-6-5-16(11-23-18)17-13-27(12-14-1-3-15(4-2-14)20(28)25-30)21(29)19(24-17)26-7-9-31-10-8-26/h1-6,11,13,30H,7-10,12H2,(H2,22,23)(H,25,28). The first-order valence-electron chi connectivity index (χ1n) is 9.74. The lowest BCUT2D eigenvalue weighted by Crippen LogP contribution is -2.41. The van der Waals surface area contributed by atoms with Crippen LogP contribution in [0.2, 0.25) is 0 Å². The van der Waals surface area contributed by atoms with Gasteiger partial charge in [-0.15, -0.1) is 0 Å². The van der Waals surface area contributed by atoms with Crippen molar-refractivity contribution < 1.29 is 14.7 Å². The molecule has 1 saturated heterocycles. The molecule has 4 N–H and O–H groups in total. The highest BCUT2D eigenvalue weighted by Crippen LogP contribution is 2.20. The van der Waals surface area contributed by atoms with Crippen molar-refractivity contribution >= 4 is 17.5 Å².